The van der Waals surface area contributed by atoms with Crippen LogP contribution in [-0.4, -0.2) is 18.6 Å². The van der Waals surface area contributed by atoms with Crippen molar-refractivity contribution in [3.05, 3.63) is 89.7 Å². The molecule has 0 fully saturated rings. The molecule has 27 heavy (non-hydrogen) atoms. The lowest BCUT2D eigenvalue weighted by atomic mass is 10.1. The van der Waals surface area contributed by atoms with Crippen LogP contribution in [0.3, 0.4) is 0 Å². The van der Waals surface area contributed by atoms with E-state index in [1.54, 1.807) is 0 Å². The van der Waals surface area contributed by atoms with Crippen LogP contribution >= 0.6 is 0 Å². The Morgan fingerprint density at radius 2 is 1.81 bits per heavy atom. The van der Waals surface area contributed by atoms with Gasteiger partial charge >= 0.3 is 0 Å². The van der Waals surface area contributed by atoms with Gasteiger partial charge in [0, 0.05) is 17.5 Å². The Kier molecular flexibility index (Phi) is 4.75. The predicted octanol–water partition coefficient (Wildman–Crippen LogP) is 4.35. The first kappa shape index (κ1) is 17.1. The van der Waals surface area contributed by atoms with Crippen molar-refractivity contribution >= 4 is 5.91 Å². The molecule has 0 unspecified atom stereocenters. The van der Waals surface area contributed by atoms with Crippen molar-refractivity contribution in [3.8, 4) is 17.2 Å². The summed E-state index contributed by atoms with van der Waals surface area (Å²) in [7, 11) is 0. The Balaban J connectivity index is 1.35. The van der Waals surface area contributed by atoms with Crippen LogP contribution in [0.25, 0.3) is 0 Å². The normalized spacial score (nSPS) is 14.9. The van der Waals surface area contributed by atoms with Crippen molar-refractivity contribution < 1.29 is 18.7 Å². The van der Waals surface area contributed by atoms with E-state index >= 15 is 0 Å². The number of benzene rings is 3. The van der Waals surface area contributed by atoms with Crippen molar-refractivity contribution in [1.82, 2.24) is 5.32 Å². The number of halogens is 1. The van der Waals surface area contributed by atoms with Gasteiger partial charge in [-0.05, 0) is 54.6 Å². The summed E-state index contributed by atoms with van der Waals surface area (Å²) in [4.78, 5) is 12.1. The molecule has 4 rings (SSSR count). The Bertz CT molecular complexity index is 942. The number of hydrogen-bond donors (Lipinski definition) is 1. The zero-order valence-corrected chi connectivity index (χ0v) is 14.5. The topological polar surface area (TPSA) is 47.6 Å². The van der Waals surface area contributed by atoms with Crippen LogP contribution in [0, 0.1) is 5.82 Å². The molecule has 0 spiro atoms. The van der Waals surface area contributed by atoms with E-state index in [2.05, 4.69) is 5.32 Å². The van der Waals surface area contributed by atoms with Gasteiger partial charge < -0.3 is 14.8 Å². The minimum absolute atomic E-state index is 0.142. The molecular formula is C22H18FNO3. The summed E-state index contributed by atoms with van der Waals surface area (Å²) < 4.78 is 24.7. The van der Waals surface area contributed by atoms with Gasteiger partial charge in [-0.3, -0.25) is 4.79 Å². The fourth-order valence-electron chi connectivity index (χ4n) is 3.01. The van der Waals surface area contributed by atoms with Crippen molar-refractivity contribution in [1.29, 1.82) is 0 Å². The summed E-state index contributed by atoms with van der Waals surface area (Å²) >= 11 is 0. The molecule has 3 aromatic rings. The van der Waals surface area contributed by atoms with E-state index in [0.717, 1.165) is 22.8 Å². The maximum atomic E-state index is 12.9. The first-order valence-corrected chi connectivity index (χ1v) is 8.73. The maximum absolute atomic E-state index is 12.9. The summed E-state index contributed by atoms with van der Waals surface area (Å²) in [6.07, 6.45) is 0.543. The van der Waals surface area contributed by atoms with Crippen LogP contribution in [0.15, 0.2) is 72.8 Å². The van der Waals surface area contributed by atoms with E-state index in [0.29, 0.717) is 18.5 Å². The molecule has 0 aromatic heterocycles. The SMILES string of the molecule is O=C(NC[C@@H]1Cc2cc(Oc3ccccc3)ccc2O1)c1ccc(F)cc1. The Morgan fingerprint density at radius 1 is 1.04 bits per heavy atom. The summed E-state index contributed by atoms with van der Waals surface area (Å²) in [6, 6.07) is 20.8. The van der Waals surface area contributed by atoms with Gasteiger partial charge in [0.05, 0.1) is 6.54 Å². The summed E-state index contributed by atoms with van der Waals surface area (Å²) in [5.41, 5.74) is 1.47. The third kappa shape index (κ3) is 4.08. The van der Waals surface area contributed by atoms with Crippen LogP contribution in [0.4, 0.5) is 4.39 Å². The van der Waals surface area contributed by atoms with Crippen molar-refractivity contribution in [3.63, 3.8) is 0 Å². The van der Waals surface area contributed by atoms with E-state index in [4.69, 9.17) is 9.47 Å². The molecule has 0 saturated heterocycles. The van der Waals surface area contributed by atoms with Gasteiger partial charge in [0.25, 0.3) is 5.91 Å². The third-order valence-electron chi connectivity index (χ3n) is 4.35. The average Bonchev–Trinajstić information content (AvgIpc) is 3.10. The largest absolute Gasteiger partial charge is 0.488 e. The number of carbonyl (C=O) groups is 1. The molecule has 0 bridgehead atoms. The molecule has 5 heteroatoms. The van der Waals surface area contributed by atoms with E-state index in [1.807, 2.05) is 48.5 Å². The molecule has 1 atom stereocenters. The van der Waals surface area contributed by atoms with Crippen LogP contribution in [-0.2, 0) is 6.42 Å². The average molecular weight is 363 g/mol. The number of hydrogen-bond acceptors (Lipinski definition) is 3. The van der Waals surface area contributed by atoms with E-state index in [1.165, 1.54) is 24.3 Å². The van der Waals surface area contributed by atoms with Gasteiger partial charge in [0.2, 0.25) is 0 Å². The standard InChI is InChI=1S/C22H18FNO3/c23-17-8-6-15(7-9-17)22(25)24-14-20-13-16-12-19(10-11-21(16)27-20)26-18-4-2-1-3-5-18/h1-12,20H,13-14H2,(H,24,25)/t20-/m0/s1. The highest BCUT2D eigenvalue weighted by Gasteiger charge is 2.24. The monoisotopic (exact) mass is 363 g/mol. The Morgan fingerprint density at radius 3 is 2.59 bits per heavy atom. The Labute approximate surface area is 156 Å². The number of amides is 1. The number of rotatable bonds is 5. The summed E-state index contributed by atoms with van der Waals surface area (Å²) in [5.74, 6) is 1.72. The number of ether oxygens (including phenoxy) is 2. The highest BCUT2D eigenvalue weighted by molar-refractivity contribution is 5.94. The van der Waals surface area contributed by atoms with Crippen LogP contribution in [0.5, 0.6) is 17.2 Å². The van der Waals surface area contributed by atoms with E-state index < -0.39 is 0 Å². The molecule has 1 aliphatic rings. The molecule has 3 aromatic carbocycles. The zero-order chi connectivity index (χ0) is 18.6. The second kappa shape index (κ2) is 7.50. The van der Waals surface area contributed by atoms with Gasteiger partial charge in [-0.2, -0.15) is 0 Å². The summed E-state index contributed by atoms with van der Waals surface area (Å²) in [6.45, 7) is 0.375. The van der Waals surface area contributed by atoms with Gasteiger partial charge in [-0.15, -0.1) is 0 Å². The number of fused-ring (bicyclic) bond motifs is 1. The molecule has 0 aliphatic carbocycles. The second-order valence-electron chi connectivity index (χ2n) is 6.35. The molecule has 4 nitrogen and oxygen atoms in total. The molecule has 1 heterocycles. The minimum Gasteiger partial charge on any atom is -0.488 e. The zero-order valence-electron chi connectivity index (χ0n) is 14.5. The molecule has 136 valence electrons. The molecule has 1 aliphatic heterocycles. The molecule has 1 amide bonds. The molecular weight excluding hydrogens is 345 g/mol. The molecule has 0 radical (unpaired) electrons. The molecule has 0 saturated carbocycles. The first-order valence-electron chi connectivity index (χ1n) is 8.73. The third-order valence-corrected chi connectivity index (χ3v) is 4.35. The Hall–Kier alpha value is -3.34. The second-order valence-corrected chi connectivity index (χ2v) is 6.35. The minimum atomic E-state index is -0.366. The van der Waals surface area contributed by atoms with E-state index in [9.17, 15) is 9.18 Å². The van der Waals surface area contributed by atoms with Gasteiger partial charge in [-0.1, -0.05) is 18.2 Å². The maximum Gasteiger partial charge on any atom is 0.251 e. The highest BCUT2D eigenvalue weighted by Crippen LogP contribution is 2.33. The smallest absolute Gasteiger partial charge is 0.251 e. The van der Waals surface area contributed by atoms with Crippen LogP contribution in [0.2, 0.25) is 0 Å². The van der Waals surface area contributed by atoms with Gasteiger partial charge in [0.1, 0.15) is 29.2 Å². The lowest BCUT2D eigenvalue weighted by Gasteiger charge is -2.12. The van der Waals surface area contributed by atoms with Crippen molar-refractivity contribution in [2.45, 2.75) is 12.5 Å². The molecule has 1 N–H and O–H groups in total. The predicted molar refractivity (Wildman–Crippen MR) is 99.8 cm³/mol. The lowest BCUT2D eigenvalue weighted by molar-refractivity contribution is 0.0933. The fourth-order valence-corrected chi connectivity index (χ4v) is 3.01. The van der Waals surface area contributed by atoms with Crippen molar-refractivity contribution in [2.75, 3.05) is 6.54 Å². The lowest BCUT2D eigenvalue weighted by Crippen LogP contribution is -2.34. The van der Waals surface area contributed by atoms with Gasteiger partial charge in [0.15, 0.2) is 0 Å². The fraction of sp³-hybridized carbons (Fsp3) is 0.136. The number of carbonyl (C=O) groups excluding carboxylic acids is 1. The van der Waals surface area contributed by atoms with Crippen LogP contribution in [0.1, 0.15) is 15.9 Å². The quantitative estimate of drug-likeness (QED) is 0.733. The van der Waals surface area contributed by atoms with Gasteiger partial charge in [-0.25, -0.2) is 4.39 Å². The van der Waals surface area contributed by atoms with Crippen LogP contribution < -0.4 is 14.8 Å². The van der Waals surface area contributed by atoms with Crippen molar-refractivity contribution in [2.24, 2.45) is 0 Å². The first-order chi connectivity index (χ1) is 13.2. The number of nitrogens with one attached hydrogen (secondary N) is 1. The van der Waals surface area contributed by atoms with E-state index in [-0.39, 0.29) is 17.8 Å². The summed E-state index contributed by atoms with van der Waals surface area (Å²) in [5, 5.41) is 2.83. The number of para-hydroxylation sites is 1. The highest BCUT2D eigenvalue weighted by atomic mass is 19.1.